The Labute approximate surface area is 91.9 Å². The quantitative estimate of drug-likeness (QED) is 0.362. The minimum atomic E-state index is -0.863. The molecule has 2 saturated heterocycles. The van der Waals surface area contributed by atoms with Crippen molar-refractivity contribution in [2.75, 3.05) is 26.4 Å². The Kier molecular flexibility index (Phi) is 6.09. The van der Waals surface area contributed by atoms with Gasteiger partial charge in [-0.1, -0.05) is 0 Å². The fourth-order valence-corrected chi connectivity index (χ4v) is 0.966. The summed E-state index contributed by atoms with van der Waals surface area (Å²) in [6.45, 7) is 0.227. The Balaban J connectivity index is 0.000000160. The molecule has 2 aliphatic heterocycles. The molecule has 0 aromatic rings. The van der Waals surface area contributed by atoms with Gasteiger partial charge in [0.15, 0.2) is 25.2 Å². The van der Waals surface area contributed by atoms with E-state index in [1.165, 1.54) is 0 Å². The lowest BCUT2D eigenvalue weighted by Gasteiger charge is -2.22. The van der Waals surface area contributed by atoms with Gasteiger partial charge < -0.3 is 39.4 Å². The summed E-state index contributed by atoms with van der Waals surface area (Å²) >= 11 is 0. The normalized spacial score (nSPS) is 39.8. The van der Waals surface area contributed by atoms with Crippen LogP contribution >= 0.6 is 0 Å². The molecule has 2 rings (SSSR count). The van der Waals surface area contributed by atoms with E-state index in [1.54, 1.807) is 0 Å². The molecule has 16 heavy (non-hydrogen) atoms. The average Bonchev–Trinajstić information content (AvgIpc) is 2.28. The molecule has 8 heteroatoms. The van der Waals surface area contributed by atoms with Crippen molar-refractivity contribution in [1.82, 2.24) is 0 Å². The van der Waals surface area contributed by atoms with E-state index in [0.717, 1.165) is 0 Å². The van der Waals surface area contributed by atoms with Gasteiger partial charge in [-0.05, 0) is 0 Å². The fourth-order valence-electron chi connectivity index (χ4n) is 0.966. The van der Waals surface area contributed by atoms with Gasteiger partial charge in [0, 0.05) is 0 Å². The molecule has 0 aliphatic carbocycles. The molecule has 0 aromatic heterocycles. The maximum absolute atomic E-state index is 8.57. The second kappa shape index (κ2) is 7.09. The molecule has 0 bridgehead atoms. The number of hydrogen-bond acceptors (Lipinski definition) is 8. The van der Waals surface area contributed by atoms with E-state index in [9.17, 15) is 0 Å². The van der Waals surface area contributed by atoms with Gasteiger partial charge in [0.1, 0.15) is 26.4 Å². The molecule has 0 aromatic carbocycles. The number of aliphatic hydroxyl groups is 4. The molecule has 0 amide bonds. The number of hydrogen-bond donors (Lipinski definition) is 4. The summed E-state index contributed by atoms with van der Waals surface area (Å²) < 4.78 is 18.3. The van der Waals surface area contributed by atoms with Crippen molar-refractivity contribution < 1.29 is 39.4 Å². The molecule has 0 radical (unpaired) electrons. The van der Waals surface area contributed by atoms with E-state index in [2.05, 4.69) is 18.9 Å². The molecule has 8 nitrogen and oxygen atoms in total. The molecule has 2 heterocycles. The van der Waals surface area contributed by atoms with Crippen molar-refractivity contribution >= 4 is 0 Å². The van der Waals surface area contributed by atoms with Crippen LogP contribution in [0.2, 0.25) is 0 Å². The first-order valence-corrected chi connectivity index (χ1v) is 4.76. The zero-order valence-electron chi connectivity index (χ0n) is 8.56. The topological polar surface area (TPSA) is 118 Å². The lowest BCUT2D eigenvalue weighted by Crippen LogP contribution is -2.34. The Morgan fingerprint density at radius 2 is 0.688 bits per heavy atom. The first-order chi connectivity index (χ1) is 7.58. The van der Waals surface area contributed by atoms with Crippen LogP contribution in [0.5, 0.6) is 0 Å². The van der Waals surface area contributed by atoms with Gasteiger partial charge in [0.05, 0.1) is 0 Å². The van der Waals surface area contributed by atoms with Gasteiger partial charge in [-0.25, -0.2) is 0 Å². The second-order valence-electron chi connectivity index (χ2n) is 3.15. The van der Waals surface area contributed by atoms with E-state index < -0.39 is 25.2 Å². The summed E-state index contributed by atoms with van der Waals surface area (Å²) in [5.41, 5.74) is 0. The van der Waals surface area contributed by atoms with Crippen LogP contribution in [0.1, 0.15) is 0 Å². The third-order valence-corrected chi connectivity index (χ3v) is 1.72. The highest BCUT2D eigenvalue weighted by atomic mass is 16.7. The van der Waals surface area contributed by atoms with Crippen LogP contribution in [0.25, 0.3) is 0 Å². The molecule has 96 valence electrons. The lowest BCUT2D eigenvalue weighted by atomic mass is 10.5. The van der Waals surface area contributed by atoms with E-state index in [4.69, 9.17) is 20.4 Å². The van der Waals surface area contributed by atoms with Gasteiger partial charge in [0.2, 0.25) is 0 Å². The minimum Gasteiger partial charge on any atom is -0.366 e. The predicted molar refractivity (Wildman–Crippen MR) is 47.8 cm³/mol. The molecule has 4 atom stereocenters. The first kappa shape index (κ1) is 13.7. The van der Waals surface area contributed by atoms with Gasteiger partial charge in [-0.2, -0.15) is 0 Å². The largest absolute Gasteiger partial charge is 0.366 e. The second-order valence-corrected chi connectivity index (χ2v) is 3.15. The molecule has 4 unspecified atom stereocenters. The Morgan fingerprint density at radius 1 is 0.500 bits per heavy atom. The highest BCUT2D eigenvalue weighted by Crippen LogP contribution is 2.01. The maximum atomic E-state index is 8.57. The lowest BCUT2D eigenvalue weighted by molar-refractivity contribution is -0.263. The van der Waals surface area contributed by atoms with Crippen LogP contribution in [0.15, 0.2) is 0 Å². The summed E-state index contributed by atoms with van der Waals surface area (Å²) in [5.74, 6) is 0. The first-order valence-electron chi connectivity index (χ1n) is 4.76. The molecule has 2 aliphatic rings. The van der Waals surface area contributed by atoms with Crippen LogP contribution in [0.4, 0.5) is 0 Å². The number of aliphatic hydroxyl groups excluding tert-OH is 4. The Hall–Kier alpha value is -0.320. The molecular weight excluding hydrogens is 224 g/mol. The predicted octanol–water partition coefficient (Wildman–Crippen LogP) is -2.66. The smallest absolute Gasteiger partial charge is 0.178 e. The SMILES string of the molecule is OC1COC(O)CO1.OC1COC(O)CO1. The fraction of sp³-hybridized carbons (Fsp3) is 1.00. The highest BCUT2D eigenvalue weighted by molar-refractivity contribution is 4.49. The zero-order valence-corrected chi connectivity index (χ0v) is 8.56. The van der Waals surface area contributed by atoms with Crippen LogP contribution < -0.4 is 0 Å². The van der Waals surface area contributed by atoms with E-state index in [1.807, 2.05) is 0 Å². The Morgan fingerprint density at radius 3 is 0.812 bits per heavy atom. The van der Waals surface area contributed by atoms with Gasteiger partial charge >= 0.3 is 0 Å². The maximum Gasteiger partial charge on any atom is 0.178 e. The summed E-state index contributed by atoms with van der Waals surface area (Å²) in [6.07, 6.45) is -3.45. The molecule has 4 N–H and O–H groups in total. The van der Waals surface area contributed by atoms with Gasteiger partial charge in [-0.15, -0.1) is 0 Å². The van der Waals surface area contributed by atoms with E-state index in [0.29, 0.717) is 0 Å². The van der Waals surface area contributed by atoms with Crippen molar-refractivity contribution in [1.29, 1.82) is 0 Å². The summed E-state index contributed by atoms with van der Waals surface area (Å²) in [4.78, 5) is 0. The van der Waals surface area contributed by atoms with Crippen molar-refractivity contribution in [3.63, 3.8) is 0 Å². The molecule has 2 fully saturated rings. The zero-order chi connectivity index (χ0) is 12.0. The van der Waals surface area contributed by atoms with Crippen molar-refractivity contribution in [3.05, 3.63) is 0 Å². The third kappa shape index (κ3) is 5.68. The average molecular weight is 240 g/mol. The summed E-state index contributed by atoms with van der Waals surface area (Å²) in [6, 6.07) is 0. The van der Waals surface area contributed by atoms with Crippen molar-refractivity contribution in [3.8, 4) is 0 Å². The molecule has 0 saturated carbocycles. The standard InChI is InChI=1S/2C4H8O4/c2*5-3-1-7-4(6)2-8-3/h2*3-6H,1-2H2. The highest BCUT2D eigenvalue weighted by Gasteiger charge is 2.17. The van der Waals surface area contributed by atoms with Gasteiger partial charge in [-0.3, -0.25) is 0 Å². The monoisotopic (exact) mass is 240 g/mol. The van der Waals surface area contributed by atoms with Crippen LogP contribution in [0, 0.1) is 0 Å². The number of ether oxygens (including phenoxy) is 4. The van der Waals surface area contributed by atoms with Crippen molar-refractivity contribution in [2.24, 2.45) is 0 Å². The van der Waals surface area contributed by atoms with Crippen LogP contribution in [0.3, 0.4) is 0 Å². The van der Waals surface area contributed by atoms with Gasteiger partial charge in [0.25, 0.3) is 0 Å². The van der Waals surface area contributed by atoms with E-state index in [-0.39, 0.29) is 26.4 Å². The third-order valence-electron chi connectivity index (χ3n) is 1.72. The molecule has 0 spiro atoms. The van der Waals surface area contributed by atoms with Crippen LogP contribution in [-0.2, 0) is 18.9 Å². The van der Waals surface area contributed by atoms with Crippen molar-refractivity contribution in [2.45, 2.75) is 25.2 Å². The Bertz CT molecular complexity index is 133. The van der Waals surface area contributed by atoms with Crippen LogP contribution in [-0.4, -0.2) is 72.0 Å². The number of rotatable bonds is 0. The van der Waals surface area contributed by atoms with E-state index >= 15 is 0 Å². The summed E-state index contributed by atoms with van der Waals surface area (Å²) in [5, 5.41) is 34.3. The summed E-state index contributed by atoms with van der Waals surface area (Å²) in [7, 11) is 0. The molecular formula is C8H16O8. The minimum absolute atomic E-state index is 0.0567.